The van der Waals surface area contributed by atoms with Gasteiger partial charge in [-0.2, -0.15) is 0 Å². The van der Waals surface area contributed by atoms with Crippen molar-refractivity contribution in [3.63, 3.8) is 0 Å². The van der Waals surface area contributed by atoms with Crippen LogP contribution < -0.4 is 0 Å². The number of carbonyl (C=O) groups is 2. The highest BCUT2D eigenvalue weighted by molar-refractivity contribution is 6.35. The average Bonchev–Trinajstić information content (AvgIpc) is 2.66. The van der Waals surface area contributed by atoms with Gasteiger partial charge in [-0.05, 0) is 42.3 Å². The molecule has 0 aliphatic carbocycles. The van der Waals surface area contributed by atoms with Gasteiger partial charge in [0.05, 0.1) is 0 Å². The van der Waals surface area contributed by atoms with Crippen LogP contribution in [0.3, 0.4) is 0 Å². The van der Waals surface area contributed by atoms with Gasteiger partial charge in [-0.1, -0.05) is 42.3 Å². The van der Waals surface area contributed by atoms with E-state index < -0.39 is 0 Å². The summed E-state index contributed by atoms with van der Waals surface area (Å²) in [4.78, 5) is 28.8. The van der Waals surface area contributed by atoms with Crippen molar-refractivity contribution in [3.8, 4) is 0 Å². The number of nitrogens with zero attached hydrogens (tertiary/aromatic N) is 2. The molecule has 1 heterocycles. The highest BCUT2D eigenvalue weighted by atomic mass is 35.5. The molecule has 0 bridgehead atoms. The Balaban J connectivity index is 1.56. The molecule has 0 spiro atoms. The summed E-state index contributed by atoms with van der Waals surface area (Å²) in [6.07, 6.45) is 0.483. The summed E-state index contributed by atoms with van der Waals surface area (Å²) in [6.45, 7) is 3.67. The highest BCUT2D eigenvalue weighted by Gasteiger charge is 2.27. The molecule has 1 fully saturated rings. The first-order valence-electron chi connectivity index (χ1n) is 9.12. The zero-order valence-corrected chi connectivity index (χ0v) is 17.0. The number of hydrogen-bond donors (Lipinski definition) is 0. The van der Waals surface area contributed by atoms with E-state index in [1.807, 2.05) is 13.0 Å². The van der Waals surface area contributed by atoms with Crippen molar-refractivity contribution in [1.29, 1.82) is 0 Å². The number of carbonyl (C=O) groups excluding carboxylic acids is 2. The normalized spacial score (nSPS) is 15.4. The quantitative estimate of drug-likeness (QED) is 0.736. The standard InChI is InChI=1S/C21H21Cl2FN2O2/c1-14(9-15-3-2-4-19(24)10-15)20(27)25-5-7-26(8-6-25)21(28)16-11-17(22)13-18(23)12-16/h2-4,10-14H,5-9H2,1H3. The second kappa shape index (κ2) is 8.93. The molecule has 2 aromatic carbocycles. The summed E-state index contributed by atoms with van der Waals surface area (Å²) >= 11 is 12.0. The first kappa shape index (κ1) is 20.6. The van der Waals surface area contributed by atoms with Crippen molar-refractivity contribution in [2.24, 2.45) is 5.92 Å². The van der Waals surface area contributed by atoms with Gasteiger partial charge in [0.2, 0.25) is 5.91 Å². The van der Waals surface area contributed by atoms with Crippen molar-refractivity contribution in [2.75, 3.05) is 26.2 Å². The largest absolute Gasteiger partial charge is 0.339 e. The first-order valence-corrected chi connectivity index (χ1v) is 9.87. The van der Waals surface area contributed by atoms with Gasteiger partial charge in [0.25, 0.3) is 5.91 Å². The van der Waals surface area contributed by atoms with Crippen molar-refractivity contribution in [3.05, 3.63) is 69.5 Å². The van der Waals surface area contributed by atoms with Crippen molar-refractivity contribution >= 4 is 35.0 Å². The Kier molecular flexibility index (Phi) is 6.57. The van der Waals surface area contributed by atoms with Gasteiger partial charge in [-0.25, -0.2) is 4.39 Å². The molecule has 28 heavy (non-hydrogen) atoms. The number of amides is 2. The van der Waals surface area contributed by atoms with E-state index in [-0.39, 0.29) is 23.5 Å². The molecule has 0 radical (unpaired) electrons. The number of rotatable bonds is 4. The molecule has 7 heteroatoms. The lowest BCUT2D eigenvalue weighted by molar-refractivity contribution is -0.136. The molecule has 1 unspecified atom stereocenters. The van der Waals surface area contributed by atoms with Crippen LogP contribution in [0.4, 0.5) is 4.39 Å². The zero-order valence-electron chi connectivity index (χ0n) is 15.5. The maximum Gasteiger partial charge on any atom is 0.254 e. The topological polar surface area (TPSA) is 40.6 Å². The highest BCUT2D eigenvalue weighted by Crippen LogP contribution is 2.21. The van der Waals surface area contributed by atoms with Crippen LogP contribution in [0.5, 0.6) is 0 Å². The van der Waals surface area contributed by atoms with E-state index in [9.17, 15) is 14.0 Å². The van der Waals surface area contributed by atoms with E-state index in [0.717, 1.165) is 5.56 Å². The molecule has 148 valence electrons. The van der Waals surface area contributed by atoms with Crippen LogP contribution in [0.25, 0.3) is 0 Å². The Bertz CT molecular complexity index is 862. The fourth-order valence-electron chi connectivity index (χ4n) is 3.41. The molecule has 0 saturated carbocycles. The van der Waals surface area contributed by atoms with Gasteiger partial charge in [0, 0.05) is 47.7 Å². The molecule has 1 aliphatic heterocycles. The Labute approximate surface area is 173 Å². The Morgan fingerprint density at radius 1 is 1.00 bits per heavy atom. The van der Waals surface area contributed by atoms with Crippen molar-refractivity contribution in [2.45, 2.75) is 13.3 Å². The minimum Gasteiger partial charge on any atom is -0.339 e. The van der Waals surface area contributed by atoms with Gasteiger partial charge in [0.15, 0.2) is 0 Å². The maximum atomic E-state index is 13.3. The van der Waals surface area contributed by atoms with E-state index in [1.54, 1.807) is 34.1 Å². The van der Waals surface area contributed by atoms with E-state index in [1.165, 1.54) is 12.1 Å². The SMILES string of the molecule is CC(Cc1cccc(F)c1)C(=O)N1CCN(C(=O)c2cc(Cl)cc(Cl)c2)CC1. The Morgan fingerprint density at radius 3 is 2.21 bits per heavy atom. The fourth-order valence-corrected chi connectivity index (χ4v) is 3.93. The lowest BCUT2D eigenvalue weighted by Gasteiger charge is -2.36. The van der Waals surface area contributed by atoms with Crippen LogP contribution in [0.15, 0.2) is 42.5 Å². The molecule has 2 aromatic rings. The lowest BCUT2D eigenvalue weighted by Crippen LogP contribution is -2.51. The molecule has 4 nitrogen and oxygen atoms in total. The zero-order chi connectivity index (χ0) is 20.3. The number of halogens is 3. The second-order valence-corrected chi connectivity index (χ2v) is 7.88. The molecular formula is C21H21Cl2FN2O2. The molecule has 0 aromatic heterocycles. The van der Waals surface area contributed by atoms with Crippen LogP contribution in [0, 0.1) is 11.7 Å². The van der Waals surface area contributed by atoms with Crippen LogP contribution in [0.1, 0.15) is 22.8 Å². The Hall–Kier alpha value is -2.11. The fraction of sp³-hybridized carbons (Fsp3) is 0.333. The molecule has 3 rings (SSSR count). The van der Waals surface area contributed by atoms with E-state index in [4.69, 9.17) is 23.2 Å². The summed E-state index contributed by atoms with van der Waals surface area (Å²) in [6, 6.07) is 11.1. The minimum atomic E-state index is -0.301. The molecule has 2 amide bonds. The smallest absolute Gasteiger partial charge is 0.254 e. The lowest BCUT2D eigenvalue weighted by atomic mass is 9.99. The van der Waals surface area contributed by atoms with Crippen LogP contribution in [-0.4, -0.2) is 47.8 Å². The van der Waals surface area contributed by atoms with E-state index in [0.29, 0.717) is 48.2 Å². The summed E-state index contributed by atoms with van der Waals surface area (Å²) < 4.78 is 13.3. The summed E-state index contributed by atoms with van der Waals surface area (Å²) in [7, 11) is 0. The number of hydrogen-bond acceptors (Lipinski definition) is 2. The van der Waals surface area contributed by atoms with Gasteiger partial charge in [-0.3, -0.25) is 9.59 Å². The van der Waals surface area contributed by atoms with Gasteiger partial charge in [0.1, 0.15) is 5.82 Å². The summed E-state index contributed by atoms with van der Waals surface area (Å²) in [5.74, 6) is -0.687. The number of piperazine rings is 1. The molecular weight excluding hydrogens is 402 g/mol. The molecule has 1 saturated heterocycles. The third-order valence-corrected chi connectivity index (χ3v) is 5.28. The third kappa shape index (κ3) is 5.03. The average molecular weight is 423 g/mol. The van der Waals surface area contributed by atoms with Gasteiger partial charge < -0.3 is 9.80 Å². The van der Waals surface area contributed by atoms with Crippen LogP contribution in [0.2, 0.25) is 10.0 Å². The van der Waals surface area contributed by atoms with Gasteiger partial charge in [-0.15, -0.1) is 0 Å². The first-order chi connectivity index (χ1) is 13.3. The molecule has 1 aliphatic rings. The summed E-state index contributed by atoms with van der Waals surface area (Å²) in [5.41, 5.74) is 1.24. The number of benzene rings is 2. The van der Waals surface area contributed by atoms with E-state index in [2.05, 4.69) is 0 Å². The maximum absolute atomic E-state index is 13.3. The monoisotopic (exact) mass is 422 g/mol. The van der Waals surface area contributed by atoms with E-state index >= 15 is 0 Å². The minimum absolute atomic E-state index is 0.0159. The van der Waals surface area contributed by atoms with Crippen LogP contribution in [-0.2, 0) is 11.2 Å². The predicted molar refractivity (Wildman–Crippen MR) is 108 cm³/mol. The van der Waals surface area contributed by atoms with Gasteiger partial charge >= 0.3 is 0 Å². The van der Waals surface area contributed by atoms with Crippen molar-refractivity contribution in [1.82, 2.24) is 9.80 Å². The third-order valence-electron chi connectivity index (χ3n) is 4.84. The predicted octanol–water partition coefficient (Wildman–Crippen LogP) is 4.30. The van der Waals surface area contributed by atoms with Crippen LogP contribution >= 0.6 is 23.2 Å². The Morgan fingerprint density at radius 2 is 1.61 bits per heavy atom. The molecule has 1 atom stereocenters. The molecule has 0 N–H and O–H groups in total. The van der Waals surface area contributed by atoms with Crippen molar-refractivity contribution < 1.29 is 14.0 Å². The summed E-state index contributed by atoms with van der Waals surface area (Å²) in [5, 5.41) is 0.826. The second-order valence-electron chi connectivity index (χ2n) is 7.01.